The smallest absolute Gasteiger partial charge is 0.343 e. The average Bonchev–Trinajstić information content (AvgIpc) is 3.22. The van der Waals surface area contributed by atoms with Crippen molar-refractivity contribution in [2.75, 3.05) is 20.2 Å². The molecule has 6 atom stereocenters. The monoisotopic (exact) mass is 738 g/mol. The van der Waals surface area contributed by atoms with Gasteiger partial charge in [0.1, 0.15) is 35.2 Å². The molecule has 2 bridgehead atoms. The molecule has 3 saturated heterocycles. The van der Waals surface area contributed by atoms with E-state index in [0.717, 1.165) is 52.9 Å². The number of rotatable bonds is 11. The van der Waals surface area contributed by atoms with Gasteiger partial charge in [0, 0.05) is 42.6 Å². The maximum absolute atomic E-state index is 12.9. The Morgan fingerprint density at radius 1 is 1.00 bits per heavy atom. The molecule has 55 heavy (non-hydrogen) atoms. The number of aromatic hydroxyl groups is 1. The molecule has 6 aromatic rings. The Bertz CT molecular complexity index is 2340. The summed E-state index contributed by atoms with van der Waals surface area (Å²) in [6.45, 7) is 7.90. The average molecular weight is 739 g/mol. The number of carbonyl (C=O) groups excluding carboxylic acids is 1. The molecule has 5 heterocycles. The molecule has 0 radical (unpaired) electrons. The van der Waals surface area contributed by atoms with Crippen molar-refractivity contribution >= 4 is 27.7 Å². The van der Waals surface area contributed by atoms with Gasteiger partial charge in [-0.1, -0.05) is 66.7 Å². The minimum Gasteiger partial charge on any atom is -0.507 e. The van der Waals surface area contributed by atoms with Gasteiger partial charge in [-0.2, -0.15) is 0 Å². The molecular weight excluding hydrogens is 693 g/mol. The van der Waals surface area contributed by atoms with Gasteiger partial charge in [-0.15, -0.1) is 6.58 Å². The minimum atomic E-state index is -0.666. The van der Waals surface area contributed by atoms with Gasteiger partial charge in [0.15, 0.2) is 0 Å². The van der Waals surface area contributed by atoms with Crippen LogP contribution >= 0.6 is 0 Å². The van der Waals surface area contributed by atoms with Crippen molar-refractivity contribution in [3.63, 3.8) is 0 Å². The lowest BCUT2D eigenvalue weighted by Gasteiger charge is -2.50. The summed E-state index contributed by atoms with van der Waals surface area (Å²) >= 11 is 0. The van der Waals surface area contributed by atoms with Gasteiger partial charge >= 0.3 is 5.63 Å². The third-order valence-corrected chi connectivity index (χ3v) is 11.0. The number of Topliss-reactive ketones (excluding diaryl/α,β-unsaturated/α-hetero) is 1. The maximum Gasteiger partial charge on any atom is 0.343 e. The summed E-state index contributed by atoms with van der Waals surface area (Å²) in [6, 6.07) is 31.8. The third kappa shape index (κ3) is 8.18. The first-order chi connectivity index (χ1) is 26.7. The fourth-order valence-corrected chi connectivity index (χ4v) is 8.12. The van der Waals surface area contributed by atoms with E-state index in [0.29, 0.717) is 29.6 Å². The molecule has 9 heteroatoms. The summed E-state index contributed by atoms with van der Waals surface area (Å²) in [4.78, 5) is 31.6. The van der Waals surface area contributed by atoms with Crippen LogP contribution in [0.2, 0.25) is 0 Å². The van der Waals surface area contributed by atoms with Gasteiger partial charge in [0.05, 0.1) is 29.7 Å². The third-order valence-electron chi connectivity index (χ3n) is 11.0. The topological polar surface area (TPSA) is 122 Å². The number of aliphatic hydroxyl groups is 1. The zero-order valence-corrected chi connectivity index (χ0v) is 31.1. The number of methoxy groups -OCH3 is 1. The lowest BCUT2D eigenvalue weighted by molar-refractivity contribution is -0.117. The second-order valence-corrected chi connectivity index (χ2v) is 14.4. The van der Waals surface area contributed by atoms with Crippen LogP contribution in [0.25, 0.3) is 21.9 Å². The largest absolute Gasteiger partial charge is 0.507 e. The van der Waals surface area contributed by atoms with E-state index in [9.17, 15) is 19.8 Å². The normalized spacial score (nSPS) is 19.9. The van der Waals surface area contributed by atoms with E-state index in [2.05, 4.69) is 22.5 Å². The van der Waals surface area contributed by atoms with Crippen LogP contribution in [0.5, 0.6) is 17.2 Å². The molecule has 0 amide bonds. The standard InChI is InChI=1S/C26H22O5.C20H24N2O2/c1-17(27)14-22(19-10-6-3-7-11-19)24-25(28)21-13-12-20(15-23(21)31-26(24)29)30-16-18-8-4-2-5-9-18;1-3-13-12-22-9-7-14(13)10-19(22)20(23)16-6-8-21-18-5-4-15(24-2)11-17(16)18/h2-13,15,22,28H,14,16H2,1H3;3-6,8,11,13-14,19-20,23H,1,7,9-10,12H2,2H3/t22-;13-,14?,19+,20-/m00/s1. The lowest BCUT2D eigenvalue weighted by Crippen LogP contribution is -2.54. The highest BCUT2D eigenvalue weighted by Crippen LogP contribution is 2.42. The number of pyridine rings is 1. The number of ether oxygens (including phenoxy) is 2. The summed E-state index contributed by atoms with van der Waals surface area (Å²) in [5.41, 5.74) is 3.28. The summed E-state index contributed by atoms with van der Waals surface area (Å²) in [6.07, 6.45) is 5.71. The lowest BCUT2D eigenvalue weighted by atomic mass is 9.73. The fraction of sp³-hybridized carbons (Fsp3) is 0.283. The van der Waals surface area contributed by atoms with Gasteiger partial charge in [0.25, 0.3) is 0 Å². The van der Waals surface area contributed by atoms with Crippen LogP contribution in [-0.4, -0.2) is 52.1 Å². The van der Waals surface area contributed by atoms with Crippen molar-refractivity contribution in [2.24, 2.45) is 11.8 Å². The van der Waals surface area contributed by atoms with E-state index >= 15 is 0 Å². The first-order valence-corrected chi connectivity index (χ1v) is 18.7. The van der Waals surface area contributed by atoms with Gasteiger partial charge in [-0.05, 0) is 91.2 Å². The van der Waals surface area contributed by atoms with Crippen LogP contribution in [0, 0.1) is 11.8 Å². The number of piperidine rings is 3. The van der Waals surface area contributed by atoms with Crippen molar-refractivity contribution in [1.29, 1.82) is 0 Å². The van der Waals surface area contributed by atoms with Crippen molar-refractivity contribution in [3.05, 3.63) is 155 Å². The molecule has 2 unspecified atom stereocenters. The fourth-order valence-electron chi connectivity index (χ4n) is 8.12. The predicted molar refractivity (Wildman–Crippen MR) is 214 cm³/mol. The highest BCUT2D eigenvalue weighted by Gasteiger charge is 2.42. The molecular formula is C46H46N2O7. The second-order valence-electron chi connectivity index (χ2n) is 14.4. The SMILES string of the molecule is C=C[C@H]1CN2CCC1C[C@@H]2[C@@H](O)c1ccnc2ccc(OC)cc12.CC(=O)C[C@@H](c1ccccc1)c1c(O)c2ccc(OCc3ccccc3)cc2oc1=O. The number of carbonyl (C=O) groups is 1. The van der Waals surface area contributed by atoms with Crippen LogP contribution < -0.4 is 15.1 Å². The Kier molecular flexibility index (Phi) is 11.4. The second kappa shape index (κ2) is 16.7. The molecule has 0 saturated carbocycles. The Hall–Kier alpha value is -5.77. The van der Waals surface area contributed by atoms with Gasteiger partial charge < -0.3 is 24.1 Å². The predicted octanol–water partition coefficient (Wildman–Crippen LogP) is 8.36. The quantitative estimate of drug-likeness (QED) is 0.0998. The van der Waals surface area contributed by atoms with Gasteiger partial charge in [-0.25, -0.2) is 4.79 Å². The van der Waals surface area contributed by atoms with Gasteiger partial charge in [0.2, 0.25) is 0 Å². The van der Waals surface area contributed by atoms with Crippen molar-refractivity contribution in [1.82, 2.24) is 9.88 Å². The van der Waals surface area contributed by atoms with E-state index < -0.39 is 17.6 Å². The number of hydrogen-bond donors (Lipinski definition) is 2. The molecule has 0 aliphatic carbocycles. The number of aromatic nitrogens is 1. The number of hydrogen-bond acceptors (Lipinski definition) is 9. The first-order valence-electron chi connectivity index (χ1n) is 18.7. The van der Waals surface area contributed by atoms with Crippen molar-refractivity contribution in [2.45, 2.75) is 50.9 Å². The zero-order chi connectivity index (χ0) is 38.5. The van der Waals surface area contributed by atoms with Crippen LogP contribution in [0.3, 0.4) is 0 Å². The van der Waals surface area contributed by atoms with E-state index in [1.54, 1.807) is 31.5 Å². The summed E-state index contributed by atoms with van der Waals surface area (Å²) in [5.74, 6) is 1.68. The Balaban J connectivity index is 0.000000174. The van der Waals surface area contributed by atoms with E-state index in [-0.39, 0.29) is 35.1 Å². The van der Waals surface area contributed by atoms with E-state index in [1.165, 1.54) is 13.3 Å². The molecule has 0 spiro atoms. The Labute approximate surface area is 320 Å². The molecule has 9 nitrogen and oxygen atoms in total. The number of benzene rings is 4. The van der Waals surface area contributed by atoms with Crippen LogP contribution in [-0.2, 0) is 11.4 Å². The summed E-state index contributed by atoms with van der Waals surface area (Å²) < 4.78 is 16.7. The first kappa shape index (κ1) is 37.5. The van der Waals surface area contributed by atoms with Gasteiger partial charge in [-0.3, -0.25) is 14.7 Å². The highest BCUT2D eigenvalue weighted by molar-refractivity contribution is 5.86. The zero-order valence-electron chi connectivity index (χ0n) is 31.1. The number of ketones is 1. The highest BCUT2D eigenvalue weighted by atomic mass is 16.5. The van der Waals surface area contributed by atoms with Crippen molar-refractivity contribution in [3.8, 4) is 17.2 Å². The number of fused-ring (bicyclic) bond motifs is 5. The Morgan fingerprint density at radius 3 is 2.44 bits per heavy atom. The van der Waals surface area contributed by atoms with Crippen LogP contribution in [0.4, 0.5) is 0 Å². The van der Waals surface area contributed by atoms with E-state index in [4.69, 9.17) is 13.9 Å². The molecule has 3 aliphatic rings. The minimum absolute atomic E-state index is 0.0857. The number of nitrogens with zero attached hydrogens (tertiary/aromatic N) is 2. The molecule has 9 rings (SSSR count). The summed E-state index contributed by atoms with van der Waals surface area (Å²) in [5, 5.41) is 23.5. The molecule has 282 valence electrons. The van der Waals surface area contributed by atoms with E-state index in [1.807, 2.05) is 84.9 Å². The maximum atomic E-state index is 12.9. The summed E-state index contributed by atoms with van der Waals surface area (Å²) in [7, 11) is 1.66. The molecule has 3 fully saturated rings. The molecule has 4 aromatic carbocycles. The molecule has 2 N–H and O–H groups in total. The Morgan fingerprint density at radius 2 is 1.75 bits per heavy atom. The molecule has 3 aliphatic heterocycles. The molecule has 2 aromatic heterocycles. The number of aliphatic hydroxyl groups excluding tert-OH is 1. The van der Waals surface area contributed by atoms with Crippen molar-refractivity contribution < 1.29 is 28.9 Å². The van der Waals surface area contributed by atoms with Crippen LogP contribution in [0.15, 0.2) is 131 Å². The van der Waals surface area contributed by atoms with Crippen LogP contribution in [0.1, 0.15) is 60.5 Å².